The first-order chi connectivity index (χ1) is 6.26. The Morgan fingerprint density at radius 2 is 2.08 bits per heavy atom. The molecular formula is C10H14N2O. The molecule has 0 bridgehead atoms. The lowest BCUT2D eigenvalue weighted by molar-refractivity contribution is 0.274. The molecule has 0 spiro atoms. The number of benzene rings is 1. The van der Waals surface area contributed by atoms with E-state index in [1.54, 1.807) is 7.11 Å². The van der Waals surface area contributed by atoms with Gasteiger partial charge in [-0.1, -0.05) is 18.2 Å². The second kappa shape index (κ2) is 3.01. The molecule has 1 aromatic rings. The average molecular weight is 178 g/mol. The Bertz CT molecular complexity index is 308. The standard InChI is InChI=1S/C10H14N2O/c1-13-9-5-3-2-4-8(9)10(11)6-12-7-10/h2-5,12H,6-7,11H2,1H3. The molecule has 0 atom stereocenters. The fourth-order valence-electron chi connectivity index (χ4n) is 1.64. The summed E-state index contributed by atoms with van der Waals surface area (Å²) in [5.74, 6) is 0.881. The summed E-state index contributed by atoms with van der Waals surface area (Å²) in [4.78, 5) is 0. The zero-order valence-corrected chi connectivity index (χ0v) is 7.71. The normalized spacial score (nSPS) is 19.2. The summed E-state index contributed by atoms with van der Waals surface area (Å²) in [7, 11) is 1.67. The van der Waals surface area contributed by atoms with Gasteiger partial charge in [-0.2, -0.15) is 0 Å². The number of rotatable bonds is 2. The summed E-state index contributed by atoms with van der Waals surface area (Å²) in [6.45, 7) is 1.65. The number of nitrogens with one attached hydrogen (secondary N) is 1. The van der Waals surface area contributed by atoms with Gasteiger partial charge in [-0.15, -0.1) is 0 Å². The van der Waals surface area contributed by atoms with Crippen LogP contribution in [-0.2, 0) is 5.54 Å². The highest BCUT2D eigenvalue weighted by atomic mass is 16.5. The molecule has 0 aromatic heterocycles. The van der Waals surface area contributed by atoms with E-state index in [2.05, 4.69) is 5.32 Å². The molecule has 13 heavy (non-hydrogen) atoms. The van der Waals surface area contributed by atoms with Crippen molar-refractivity contribution in [2.45, 2.75) is 5.54 Å². The first-order valence-corrected chi connectivity index (χ1v) is 4.39. The van der Waals surface area contributed by atoms with Crippen molar-refractivity contribution in [3.63, 3.8) is 0 Å². The van der Waals surface area contributed by atoms with Gasteiger partial charge in [-0.05, 0) is 6.07 Å². The SMILES string of the molecule is COc1ccccc1C1(N)CNC1. The Balaban J connectivity index is 2.38. The van der Waals surface area contributed by atoms with Crippen LogP contribution in [0.15, 0.2) is 24.3 Å². The minimum absolute atomic E-state index is 0.230. The van der Waals surface area contributed by atoms with Gasteiger partial charge in [-0.3, -0.25) is 0 Å². The number of para-hydroxylation sites is 1. The van der Waals surface area contributed by atoms with Crippen molar-refractivity contribution in [3.8, 4) is 5.75 Å². The predicted molar refractivity (Wildman–Crippen MR) is 51.7 cm³/mol. The maximum atomic E-state index is 6.16. The van der Waals surface area contributed by atoms with E-state index in [1.165, 1.54) is 0 Å². The van der Waals surface area contributed by atoms with Crippen LogP contribution in [0.3, 0.4) is 0 Å². The molecule has 1 saturated heterocycles. The van der Waals surface area contributed by atoms with E-state index in [9.17, 15) is 0 Å². The summed E-state index contributed by atoms with van der Waals surface area (Å²) < 4.78 is 5.26. The van der Waals surface area contributed by atoms with Crippen molar-refractivity contribution in [3.05, 3.63) is 29.8 Å². The van der Waals surface area contributed by atoms with Gasteiger partial charge in [0.05, 0.1) is 12.6 Å². The lowest BCUT2D eigenvalue weighted by Gasteiger charge is -2.40. The number of hydrogen-bond donors (Lipinski definition) is 2. The van der Waals surface area contributed by atoms with Gasteiger partial charge in [0.2, 0.25) is 0 Å². The van der Waals surface area contributed by atoms with Gasteiger partial charge in [-0.25, -0.2) is 0 Å². The molecule has 2 rings (SSSR count). The highest BCUT2D eigenvalue weighted by Gasteiger charge is 2.36. The molecule has 1 aromatic carbocycles. The first kappa shape index (κ1) is 8.53. The molecule has 1 fully saturated rings. The van der Waals surface area contributed by atoms with Crippen LogP contribution in [0.1, 0.15) is 5.56 Å². The van der Waals surface area contributed by atoms with Crippen molar-refractivity contribution in [2.75, 3.05) is 20.2 Å². The monoisotopic (exact) mass is 178 g/mol. The Labute approximate surface area is 77.9 Å². The number of ether oxygens (including phenoxy) is 1. The summed E-state index contributed by atoms with van der Waals surface area (Å²) >= 11 is 0. The molecule has 3 nitrogen and oxygen atoms in total. The van der Waals surface area contributed by atoms with Crippen LogP contribution in [0.5, 0.6) is 5.75 Å². The van der Waals surface area contributed by atoms with Gasteiger partial charge in [0, 0.05) is 18.7 Å². The fraction of sp³-hybridized carbons (Fsp3) is 0.400. The molecule has 1 aliphatic rings. The molecule has 0 unspecified atom stereocenters. The van der Waals surface area contributed by atoms with Crippen LogP contribution < -0.4 is 15.8 Å². The summed E-state index contributed by atoms with van der Waals surface area (Å²) in [6, 6.07) is 7.92. The summed E-state index contributed by atoms with van der Waals surface area (Å²) in [5.41, 5.74) is 7.02. The topological polar surface area (TPSA) is 47.3 Å². The molecule has 0 amide bonds. The lowest BCUT2D eigenvalue weighted by atomic mass is 9.85. The summed E-state index contributed by atoms with van der Waals surface area (Å²) in [6.07, 6.45) is 0. The molecule has 1 heterocycles. The highest BCUT2D eigenvalue weighted by Crippen LogP contribution is 2.30. The molecule has 1 aliphatic heterocycles. The number of methoxy groups -OCH3 is 1. The van der Waals surface area contributed by atoms with Gasteiger partial charge in [0.15, 0.2) is 0 Å². The average Bonchev–Trinajstić information content (AvgIpc) is 2.14. The molecule has 3 heteroatoms. The zero-order chi connectivity index (χ0) is 9.31. The van der Waals surface area contributed by atoms with Gasteiger partial charge >= 0.3 is 0 Å². The van der Waals surface area contributed by atoms with Crippen LogP contribution in [0.25, 0.3) is 0 Å². The predicted octanol–water partition coefficient (Wildman–Crippen LogP) is 0.452. The van der Waals surface area contributed by atoms with E-state index in [4.69, 9.17) is 10.5 Å². The van der Waals surface area contributed by atoms with Gasteiger partial charge in [0.25, 0.3) is 0 Å². The minimum Gasteiger partial charge on any atom is -0.496 e. The van der Waals surface area contributed by atoms with E-state index in [0.717, 1.165) is 24.4 Å². The Kier molecular flexibility index (Phi) is 1.98. The van der Waals surface area contributed by atoms with Crippen LogP contribution in [0.2, 0.25) is 0 Å². The van der Waals surface area contributed by atoms with Gasteiger partial charge < -0.3 is 15.8 Å². The highest BCUT2D eigenvalue weighted by molar-refractivity contribution is 5.41. The maximum Gasteiger partial charge on any atom is 0.124 e. The van der Waals surface area contributed by atoms with Crippen molar-refractivity contribution in [2.24, 2.45) is 5.73 Å². The fourth-order valence-corrected chi connectivity index (χ4v) is 1.64. The Morgan fingerprint density at radius 3 is 2.62 bits per heavy atom. The second-order valence-electron chi connectivity index (χ2n) is 3.46. The van der Waals surface area contributed by atoms with Crippen molar-refractivity contribution < 1.29 is 4.74 Å². The summed E-state index contributed by atoms with van der Waals surface area (Å²) in [5, 5.41) is 3.17. The lowest BCUT2D eigenvalue weighted by Crippen LogP contribution is -2.62. The minimum atomic E-state index is -0.230. The number of nitrogens with two attached hydrogens (primary N) is 1. The van der Waals surface area contributed by atoms with Crippen molar-refractivity contribution in [1.82, 2.24) is 5.32 Å². The van der Waals surface area contributed by atoms with Gasteiger partial charge in [0.1, 0.15) is 5.75 Å². The zero-order valence-electron chi connectivity index (χ0n) is 7.71. The van der Waals surface area contributed by atoms with Crippen molar-refractivity contribution >= 4 is 0 Å². The maximum absolute atomic E-state index is 6.16. The van der Waals surface area contributed by atoms with Crippen LogP contribution >= 0.6 is 0 Å². The first-order valence-electron chi connectivity index (χ1n) is 4.39. The quantitative estimate of drug-likeness (QED) is 0.691. The molecular weight excluding hydrogens is 164 g/mol. The van der Waals surface area contributed by atoms with E-state index in [0.29, 0.717) is 0 Å². The Morgan fingerprint density at radius 1 is 1.38 bits per heavy atom. The van der Waals surface area contributed by atoms with E-state index in [1.807, 2.05) is 24.3 Å². The van der Waals surface area contributed by atoms with Crippen LogP contribution in [0.4, 0.5) is 0 Å². The van der Waals surface area contributed by atoms with E-state index in [-0.39, 0.29) is 5.54 Å². The third-order valence-electron chi connectivity index (χ3n) is 2.52. The largest absolute Gasteiger partial charge is 0.496 e. The third kappa shape index (κ3) is 1.30. The second-order valence-corrected chi connectivity index (χ2v) is 3.46. The molecule has 0 saturated carbocycles. The van der Waals surface area contributed by atoms with Crippen LogP contribution in [-0.4, -0.2) is 20.2 Å². The molecule has 0 aliphatic carbocycles. The van der Waals surface area contributed by atoms with E-state index >= 15 is 0 Å². The smallest absolute Gasteiger partial charge is 0.124 e. The van der Waals surface area contributed by atoms with Crippen molar-refractivity contribution in [1.29, 1.82) is 0 Å². The molecule has 70 valence electrons. The third-order valence-corrected chi connectivity index (χ3v) is 2.52. The molecule has 3 N–H and O–H groups in total. The van der Waals surface area contributed by atoms with Crippen LogP contribution in [0, 0.1) is 0 Å². The Hall–Kier alpha value is -1.06. The number of hydrogen-bond acceptors (Lipinski definition) is 3. The van der Waals surface area contributed by atoms with E-state index < -0.39 is 0 Å². The molecule has 0 radical (unpaired) electrons.